The Bertz CT molecular complexity index is 1120. The van der Waals surface area contributed by atoms with Crippen LogP contribution in [0.25, 0.3) is 33.6 Å². The topological polar surface area (TPSA) is 89.6 Å². The van der Waals surface area contributed by atoms with Crippen LogP contribution in [-0.2, 0) is 9.47 Å². The Hall–Kier alpha value is -3.42. The lowest BCUT2D eigenvalue weighted by atomic mass is 9.99. The van der Waals surface area contributed by atoms with Crippen molar-refractivity contribution in [1.82, 2.24) is 9.97 Å². The molecule has 0 atom stereocenters. The summed E-state index contributed by atoms with van der Waals surface area (Å²) in [5.41, 5.74) is 3.20. The summed E-state index contributed by atoms with van der Waals surface area (Å²) in [5, 5.41) is 13.8. The van der Waals surface area contributed by atoms with E-state index in [1.165, 1.54) is 6.33 Å². The number of hydrogen-bond donors (Lipinski definition) is 2. The highest BCUT2D eigenvalue weighted by atomic mass is 16.7. The molecule has 0 amide bonds. The van der Waals surface area contributed by atoms with Crippen molar-refractivity contribution in [3.05, 3.63) is 60.9 Å². The van der Waals surface area contributed by atoms with Crippen LogP contribution in [0.5, 0.6) is 5.75 Å². The number of hydrogen-bond acceptors (Lipinski definition) is 7. The van der Waals surface area contributed by atoms with E-state index in [1.54, 1.807) is 12.1 Å². The van der Waals surface area contributed by atoms with Gasteiger partial charge in [0.2, 0.25) is 5.71 Å². The Balaban J connectivity index is 1.66. The molecule has 7 heteroatoms. The molecule has 146 valence electrons. The first-order chi connectivity index (χ1) is 14.3. The monoisotopic (exact) mass is 389 g/mol. The summed E-state index contributed by atoms with van der Waals surface area (Å²) >= 11 is 0. The number of benzene rings is 2. The van der Waals surface area contributed by atoms with E-state index in [2.05, 4.69) is 15.3 Å². The number of ether oxygens (including phenoxy) is 2. The van der Waals surface area contributed by atoms with E-state index in [9.17, 15) is 5.11 Å². The number of phenols is 1. The molecule has 5 rings (SSSR count). The van der Waals surface area contributed by atoms with E-state index >= 15 is 0 Å². The maximum atomic E-state index is 9.66. The van der Waals surface area contributed by atoms with Crippen LogP contribution in [0.4, 0.5) is 5.82 Å². The molecule has 29 heavy (non-hydrogen) atoms. The molecular weight excluding hydrogens is 370 g/mol. The number of furan rings is 1. The Morgan fingerprint density at radius 3 is 2.45 bits per heavy atom. The normalized spacial score (nSPS) is 14.5. The summed E-state index contributed by atoms with van der Waals surface area (Å²) in [6, 6.07) is 16.9. The Kier molecular flexibility index (Phi) is 4.59. The first kappa shape index (κ1) is 17.7. The molecule has 0 unspecified atom stereocenters. The summed E-state index contributed by atoms with van der Waals surface area (Å²) in [6.07, 6.45) is 1.17. The first-order valence-corrected chi connectivity index (χ1v) is 9.39. The van der Waals surface area contributed by atoms with Gasteiger partial charge < -0.3 is 24.3 Å². The first-order valence-electron chi connectivity index (χ1n) is 9.39. The quantitative estimate of drug-likeness (QED) is 0.532. The number of aromatic hydroxyl groups is 1. The molecule has 0 saturated carbocycles. The van der Waals surface area contributed by atoms with Crippen molar-refractivity contribution in [3.63, 3.8) is 0 Å². The Morgan fingerprint density at radius 2 is 1.69 bits per heavy atom. The van der Waals surface area contributed by atoms with Gasteiger partial charge in [0.15, 0.2) is 6.29 Å². The highest BCUT2D eigenvalue weighted by molar-refractivity contribution is 6.05. The van der Waals surface area contributed by atoms with Gasteiger partial charge in [-0.15, -0.1) is 0 Å². The summed E-state index contributed by atoms with van der Waals surface area (Å²) in [5.74, 6) is 1.52. The van der Waals surface area contributed by atoms with Gasteiger partial charge in [0.25, 0.3) is 0 Å². The average molecular weight is 389 g/mol. The number of nitrogens with zero attached hydrogens (tertiary/aromatic N) is 2. The molecule has 3 heterocycles. The van der Waals surface area contributed by atoms with Crippen LogP contribution in [0, 0.1) is 0 Å². The number of aromatic nitrogens is 2. The second-order valence-corrected chi connectivity index (χ2v) is 6.67. The standard InChI is InChI=1S/C22H19N3O4/c26-16-8-6-15(7-9-16)20-18(14-4-2-1-3-5-14)19-21(24-13-25-22(19)29-20)23-12-17-27-10-11-28-17/h1-9,13,17,26H,10-12H2,(H,23,24,25). The van der Waals surface area contributed by atoms with Crippen molar-refractivity contribution in [2.45, 2.75) is 6.29 Å². The van der Waals surface area contributed by atoms with Crippen molar-refractivity contribution >= 4 is 16.9 Å². The molecule has 2 N–H and O–H groups in total. The van der Waals surface area contributed by atoms with Crippen molar-refractivity contribution < 1.29 is 19.0 Å². The molecule has 7 nitrogen and oxygen atoms in total. The van der Waals surface area contributed by atoms with Crippen LogP contribution in [0.15, 0.2) is 65.3 Å². The van der Waals surface area contributed by atoms with Gasteiger partial charge >= 0.3 is 0 Å². The second kappa shape index (κ2) is 7.54. The van der Waals surface area contributed by atoms with Gasteiger partial charge in [-0.2, -0.15) is 0 Å². The van der Waals surface area contributed by atoms with Crippen LogP contribution in [-0.4, -0.2) is 41.1 Å². The molecule has 0 aliphatic carbocycles. The van der Waals surface area contributed by atoms with Gasteiger partial charge in [-0.1, -0.05) is 30.3 Å². The minimum Gasteiger partial charge on any atom is -0.508 e. The second-order valence-electron chi connectivity index (χ2n) is 6.67. The third kappa shape index (κ3) is 3.41. The Morgan fingerprint density at radius 1 is 0.931 bits per heavy atom. The summed E-state index contributed by atoms with van der Waals surface area (Å²) in [4.78, 5) is 8.78. The van der Waals surface area contributed by atoms with Crippen molar-refractivity contribution in [2.75, 3.05) is 25.1 Å². The lowest BCUT2D eigenvalue weighted by Crippen LogP contribution is -2.20. The fourth-order valence-electron chi connectivity index (χ4n) is 3.47. The predicted octanol–water partition coefficient (Wildman–Crippen LogP) is 4.05. The summed E-state index contributed by atoms with van der Waals surface area (Å²) in [7, 11) is 0. The van der Waals surface area contributed by atoms with Crippen LogP contribution in [0.1, 0.15) is 0 Å². The van der Waals surface area contributed by atoms with Gasteiger partial charge in [0.05, 0.1) is 25.1 Å². The minimum absolute atomic E-state index is 0.199. The van der Waals surface area contributed by atoms with Crippen molar-refractivity contribution in [3.8, 4) is 28.2 Å². The van der Waals surface area contributed by atoms with Gasteiger partial charge in [-0.3, -0.25) is 0 Å². The predicted molar refractivity (Wildman–Crippen MR) is 109 cm³/mol. The average Bonchev–Trinajstić information content (AvgIpc) is 3.41. The highest BCUT2D eigenvalue weighted by Crippen LogP contribution is 2.42. The summed E-state index contributed by atoms with van der Waals surface area (Å²) in [6.45, 7) is 1.66. The molecule has 2 aromatic carbocycles. The maximum Gasteiger partial charge on any atom is 0.232 e. The third-order valence-corrected chi connectivity index (χ3v) is 4.81. The zero-order valence-corrected chi connectivity index (χ0v) is 15.5. The molecule has 2 aromatic heterocycles. The molecule has 1 fully saturated rings. The number of fused-ring (bicyclic) bond motifs is 1. The van der Waals surface area contributed by atoms with Crippen molar-refractivity contribution in [1.29, 1.82) is 0 Å². The molecule has 0 radical (unpaired) electrons. The highest BCUT2D eigenvalue weighted by Gasteiger charge is 2.23. The van der Waals surface area contributed by atoms with Gasteiger partial charge in [-0.25, -0.2) is 9.97 Å². The lowest BCUT2D eigenvalue weighted by molar-refractivity contribution is -0.0299. The smallest absolute Gasteiger partial charge is 0.232 e. The van der Waals surface area contributed by atoms with E-state index < -0.39 is 0 Å². The zero-order chi connectivity index (χ0) is 19.6. The fourth-order valence-corrected chi connectivity index (χ4v) is 3.47. The van der Waals surface area contributed by atoms with E-state index in [4.69, 9.17) is 13.9 Å². The molecule has 1 aliphatic rings. The summed E-state index contributed by atoms with van der Waals surface area (Å²) < 4.78 is 17.2. The van der Waals surface area contributed by atoms with E-state index in [0.717, 1.165) is 22.1 Å². The molecule has 0 spiro atoms. The van der Waals surface area contributed by atoms with E-state index in [1.807, 2.05) is 42.5 Å². The SMILES string of the molecule is Oc1ccc(-c2oc3ncnc(NCC4OCCO4)c3c2-c2ccccc2)cc1. The zero-order valence-electron chi connectivity index (χ0n) is 15.5. The minimum atomic E-state index is -0.302. The Labute approximate surface area is 166 Å². The van der Waals surface area contributed by atoms with Crippen LogP contribution in [0.2, 0.25) is 0 Å². The van der Waals surface area contributed by atoms with Crippen LogP contribution >= 0.6 is 0 Å². The van der Waals surface area contributed by atoms with Gasteiger partial charge in [0.1, 0.15) is 23.7 Å². The number of nitrogens with one attached hydrogen (secondary N) is 1. The largest absolute Gasteiger partial charge is 0.508 e. The number of phenolic OH excluding ortho intramolecular Hbond substituents is 1. The number of anilines is 1. The van der Waals surface area contributed by atoms with Crippen LogP contribution in [0.3, 0.4) is 0 Å². The van der Waals surface area contributed by atoms with Crippen molar-refractivity contribution in [2.24, 2.45) is 0 Å². The van der Waals surface area contributed by atoms with Gasteiger partial charge in [0, 0.05) is 11.1 Å². The van der Waals surface area contributed by atoms with Crippen LogP contribution < -0.4 is 5.32 Å². The van der Waals surface area contributed by atoms with E-state index in [0.29, 0.717) is 37.1 Å². The maximum absolute atomic E-state index is 9.66. The molecule has 4 aromatic rings. The van der Waals surface area contributed by atoms with E-state index in [-0.39, 0.29) is 12.0 Å². The lowest BCUT2D eigenvalue weighted by Gasteiger charge is -2.12. The molecule has 0 bridgehead atoms. The number of rotatable bonds is 5. The fraction of sp³-hybridized carbons (Fsp3) is 0.182. The molecule has 1 aliphatic heterocycles. The molecular formula is C22H19N3O4. The van der Waals surface area contributed by atoms with Gasteiger partial charge in [-0.05, 0) is 29.8 Å². The third-order valence-electron chi connectivity index (χ3n) is 4.81. The molecule has 1 saturated heterocycles.